The fourth-order valence-corrected chi connectivity index (χ4v) is 1.55. The molecule has 5 heteroatoms. The minimum absolute atomic E-state index is 0.101. The van der Waals surface area contributed by atoms with Crippen LogP contribution in [0, 0.1) is 19.8 Å². The number of hydrogen-bond acceptors (Lipinski definition) is 3. The van der Waals surface area contributed by atoms with E-state index in [0.717, 1.165) is 16.8 Å². The number of carbonyl (C=O) groups is 2. The Morgan fingerprint density at radius 3 is 2.39 bits per heavy atom. The number of rotatable bonds is 6. The minimum atomic E-state index is -1.11. The third kappa shape index (κ3) is 4.08. The Kier molecular flexibility index (Phi) is 4.71. The Bertz CT molecular complexity index is 456. The molecule has 1 rings (SSSR count). The van der Waals surface area contributed by atoms with Crippen molar-refractivity contribution in [2.45, 2.75) is 20.3 Å². The first kappa shape index (κ1) is 14.0. The molecule has 5 nitrogen and oxygen atoms in total. The number of carboxylic acids is 2. The van der Waals surface area contributed by atoms with Gasteiger partial charge in [-0.15, -0.1) is 0 Å². The number of benzene rings is 1. The summed E-state index contributed by atoms with van der Waals surface area (Å²) in [4.78, 5) is 21.4. The van der Waals surface area contributed by atoms with E-state index in [1.807, 2.05) is 32.0 Å². The van der Waals surface area contributed by atoms with Crippen LogP contribution in [0.1, 0.15) is 17.5 Å². The maximum absolute atomic E-state index is 10.9. The van der Waals surface area contributed by atoms with Crippen molar-refractivity contribution in [1.82, 2.24) is 0 Å². The second-order valence-corrected chi connectivity index (χ2v) is 4.31. The number of nitrogens with one attached hydrogen (secondary N) is 1. The molecule has 1 aromatic carbocycles. The maximum Gasteiger partial charge on any atom is 0.308 e. The molecule has 0 aromatic heterocycles. The summed E-state index contributed by atoms with van der Waals surface area (Å²) in [7, 11) is 0. The third-order valence-corrected chi connectivity index (χ3v) is 2.83. The third-order valence-electron chi connectivity index (χ3n) is 2.83. The van der Waals surface area contributed by atoms with Gasteiger partial charge in [0.1, 0.15) is 0 Å². The molecule has 0 aliphatic rings. The summed E-state index contributed by atoms with van der Waals surface area (Å²) >= 11 is 0. The van der Waals surface area contributed by atoms with Crippen LogP contribution in [-0.4, -0.2) is 28.7 Å². The molecule has 0 saturated carbocycles. The van der Waals surface area contributed by atoms with Crippen molar-refractivity contribution in [3.05, 3.63) is 29.3 Å². The van der Waals surface area contributed by atoms with Gasteiger partial charge in [-0.1, -0.05) is 6.07 Å². The lowest BCUT2D eigenvalue weighted by atomic mass is 10.1. The van der Waals surface area contributed by atoms with Crippen LogP contribution in [0.25, 0.3) is 0 Å². The van der Waals surface area contributed by atoms with E-state index >= 15 is 0 Å². The molecule has 0 aliphatic heterocycles. The molecule has 1 unspecified atom stereocenters. The van der Waals surface area contributed by atoms with Gasteiger partial charge < -0.3 is 15.5 Å². The van der Waals surface area contributed by atoms with Gasteiger partial charge in [-0.05, 0) is 37.1 Å². The lowest BCUT2D eigenvalue weighted by Crippen LogP contribution is -2.25. The smallest absolute Gasteiger partial charge is 0.308 e. The molecule has 0 heterocycles. The monoisotopic (exact) mass is 251 g/mol. The number of aliphatic carboxylic acids is 2. The van der Waals surface area contributed by atoms with Gasteiger partial charge in [0, 0.05) is 12.2 Å². The normalized spacial score (nSPS) is 11.9. The van der Waals surface area contributed by atoms with Crippen molar-refractivity contribution in [3.8, 4) is 0 Å². The zero-order valence-electron chi connectivity index (χ0n) is 10.4. The van der Waals surface area contributed by atoms with E-state index in [1.165, 1.54) is 0 Å². The van der Waals surface area contributed by atoms with Gasteiger partial charge in [-0.25, -0.2) is 0 Å². The SMILES string of the molecule is Cc1ccc(NCC(CC(=O)O)C(=O)O)cc1C. The fourth-order valence-electron chi connectivity index (χ4n) is 1.55. The number of carboxylic acid groups (broad SMARTS) is 2. The average Bonchev–Trinajstić information content (AvgIpc) is 2.28. The molecule has 98 valence electrons. The summed E-state index contributed by atoms with van der Waals surface area (Å²) in [5.41, 5.74) is 3.06. The first-order valence-electron chi connectivity index (χ1n) is 5.66. The van der Waals surface area contributed by atoms with Gasteiger partial charge in [-0.3, -0.25) is 9.59 Å². The fraction of sp³-hybridized carbons (Fsp3) is 0.385. The van der Waals surface area contributed by atoms with E-state index < -0.39 is 17.9 Å². The van der Waals surface area contributed by atoms with Gasteiger partial charge in [0.05, 0.1) is 12.3 Å². The van der Waals surface area contributed by atoms with Crippen LogP contribution in [0.15, 0.2) is 18.2 Å². The number of hydrogen-bond donors (Lipinski definition) is 3. The summed E-state index contributed by atoms with van der Waals surface area (Å²) < 4.78 is 0. The quantitative estimate of drug-likeness (QED) is 0.718. The topological polar surface area (TPSA) is 86.6 Å². The average molecular weight is 251 g/mol. The lowest BCUT2D eigenvalue weighted by molar-refractivity contribution is -0.147. The first-order valence-corrected chi connectivity index (χ1v) is 5.66. The summed E-state index contributed by atoms with van der Waals surface area (Å²) in [5.74, 6) is -3.14. The Morgan fingerprint density at radius 2 is 1.89 bits per heavy atom. The Hall–Kier alpha value is -2.04. The molecule has 0 bridgehead atoms. The van der Waals surface area contributed by atoms with Gasteiger partial charge in [0.15, 0.2) is 0 Å². The largest absolute Gasteiger partial charge is 0.481 e. The summed E-state index contributed by atoms with van der Waals surface area (Å²) in [5, 5.41) is 20.5. The van der Waals surface area contributed by atoms with Gasteiger partial charge in [0.25, 0.3) is 0 Å². The van der Waals surface area contributed by atoms with E-state index in [4.69, 9.17) is 10.2 Å². The second-order valence-electron chi connectivity index (χ2n) is 4.31. The highest BCUT2D eigenvalue weighted by Crippen LogP contribution is 2.15. The molecule has 0 radical (unpaired) electrons. The second kappa shape index (κ2) is 6.05. The molecular weight excluding hydrogens is 234 g/mol. The predicted octanol–water partition coefficient (Wildman–Crippen LogP) is 1.89. The van der Waals surface area contributed by atoms with Crippen LogP contribution in [0.2, 0.25) is 0 Å². The molecule has 0 aliphatic carbocycles. The van der Waals surface area contributed by atoms with E-state index in [9.17, 15) is 9.59 Å². The van der Waals surface area contributed by atoms with Crippen LogP contribution < -0.4 is 5.32 Å². The van der Waals surface area contributed by atoms with Crippen molar-refractivity contribution in [2.24, 2.45) is 5.92 Å². The minimum Gasteiger partial charge on any atom is -0.481 e. The zero-order valence-corrected chi connectivity index (χ0v) is 10.4. The molecule has 0 amide bonds. The Morgan fingerprint density at radius 1 is 1.22 bits per heavy atom. The zero-order chi connectivity index (χ0) is 13.7. The Labute approximate surface area is 105 Å². The van der Waals surface area contributed by atoms with Crippen molar-refractivity contribution >= 4 is 17.6 Å². The van der Waals surface area contributed by atoms with Crippen LogP contribution in [0.3, 0.4) is 0 Å². The number of anilines is 1. The number of aryl methyl sites for hydroxylation is 2. The standard InChI is InChI=1S/C13H17NO4/c1-8-3-4-11(5-9(8)2)14-7-10(13(17)18)6-12(15)16/h3-5,10,14H,6-7H2,1-2H3,(H,15,16)(H,17,18). The summed E-state index contributed by atoms with van der Waals surface area (Å²) in [6.45, 7) is 4.06. The lowest BCUT2D eigenvalue weighted by Gasteiger charge is -2.13. The molecule has 0 saturated heterocycles. The van der Waals surface area contributed by atoms with E-state index in [0.29, 0.717) is 0 Å². The van der Waals surface area contributed by atoms with E-state index in [1.54, 1.807) is 0 Å². The highest BCUT2D eigenvalue weighted by Gasteiger charge is 2.20. The molecule has 0 spiro atoms. The molecular formula is C13H17NO4. The van der Waals surface area contributed by atoms with Crippen molar-refractivity contribution in [1.29, 1.82) is 0 Å². The highest BCUT2D eigenvalue weighted by atomic mass is 16.4. The van der Waals surface area contributed by atoms with E-state index in [-0.39, 0.29) is 13.0 Å². The molecule has 1 aromatic rings. The van der Waals surface area contributed by atoms with E-state index in [2.05, 4.69) is 5.32 Å². The summed E-state index contributed by atoms with van der Waals surface area (Å²) in [6, 6.07) is 5.70. The molecule has 0 fully saturated rings. The first-order chi connectivity index (χ1) is 8.40. The summed E-state index contributed by atoms with van der Waals surface area (Å²) in [6.07, 6.45) is -0.382. The van der Waals surface area contributed by atoms with Crippen LogP contribution in [0.5, 0.6) is 0 Å². The van der Waals surface area contributed by atoms with Crippen LogP contribution in [0.4, 0.5) is 5.69 Å². The Balaban J connectivity index is 2.64. The van der Waals surface area contributed by atoms with Crippen LogP contribution >= 0.6 is 0 Å². The molecule has 18 heavy (non-hydrogen) atoms. The highest BCUT2D eigenvalue weighted by molar-refractivity contribution is 5.78. The predicted molar refractivity (Wildman–Crippen MR) is 67.8 cm³/mol. The van der Waals surface area contributed by atoms with Crippen molar-refractivity contribution in [3.63, 3.8) is 0 Å². The van der Waals surface area contributed by atoms with Crippen molar-refractivity contribution < 1.29 is 19.8 Å². The van der Waals surface area contributed by atoms with Gasteiger partial charge in [-0.2, -0.15) is 0 Å². The molecule has 3 N–H and O–H groups in total. The maximum atomic E-state index is 10.9. The van der Waals surface area contributed by atoms with Crippen LogP contribution in [-0.2, 0) is 9.59 Å². The van der Waals surface area contributed by atoms with Crippen molar-refractivity contribution in [2.75, 3.05) is 11.9 Å². The van der Waals surface area contributed by atoms with Gasteiger partial charge in [0.2, 0.25) is 0 Å². The van der Waals surface area contributed by atoms with Gasteiger partial charge >= 0.3 is 11.9 Å². The molecule has 1 atom stereocenters.